The summed E-state index contributed by atoms with van der Waals surface area (Å²) in [5.41, 5.74) is 0.835. The Bertz CT molecular complexity index is 749. The Balaban J connectivity index is 1.46. The van der Waals surface area contributed by atoms with Gasteiger partial charge < -0.3 is 4.52 Å². The standard InChI is InChI=1S/C13H14N4O3S/c18-21(19,11-1-2-11)17-7-10(8-17)13-15-12(16-20-13)9-3-5-14-6-4-9/h3-6,10-11H,1-2,7-8H2. The number of hydrogen-bond donors (Lipinski definition) is 0. The molecule has 0 amide bonds. The summed E-state index contributed by atoms with van der Waals surface area (Å²) >= 11 is 0. The first-order valence-corrected chi connectivity index (χ1v) is 8.38. The Morgan fingerprint density at radius 2 is 1.90 bits per heavy atom. The molecule has 0 N–H and O–H groups in total. The predicted molar refractivity (Wildman–Crippen MR) is 73.8 cm³/mol. The van der Waals surface area contributed by atoms with Gasteiger partial charge in [0.2, 0.25) is 21.7 Å². The number of pyridine rings is 1. The maximum absolute atomic E-state index is 12.0. The van der Waals surface area contributed by atoms with Crippen molar-refractivity contribution in [3.63, 3.8) is 0 Å². The van der Waals surface area contributed by atoms with Crippen LogP contribution >= 0.6 is 0 Å². The van der Waals surface area contributed by atoms with Crippen LogP contribution in [0.15, 0.2) is 29.0 Å². The first kappa shape index (κ1) is 12.9. The topological polar surface area (TPSA) is 89.2 Å². The van der Waals surface area contributed by atoms with Gasteiger partial charge in [-0.2, -0.15) is 9.29 Å². The smallest absolute Gasteiger partial charge is 0.232 e. The molecule has 2 aromatic rings. The van der Waals surface area contributed by atoms with Crippen LogP contribution < -0.4 is 0 Å². The molecule has 1 aliphatic heterocycles. The summed E-state index contributed by atoms with van der Waals surface area (Å²) in [5, 5.41) is 3.78. The Morgan fingerprint density at radius 3 is 2.57 bits per heavy atom. The molecule has 110 valence electrons. The van der Waals surface area contributed by atoms with Gasteiger partial charge in [-0.3, -0.25) is 4.98 Å². The molecule has 0 unspecified atom stereocenters. The van der Waals surface area contributed by atoms with Crippen LogP contribution in [0.25, 0.3) is 11.4 Å². The zero-order valence-corrected chi connectivity index (χ0v) is 12.0. The average molecular weight is 306 g/mol. The summed E-state index contributed by atoms with van der Waals surface area (Å²) in [7, 11) is -3.08. The third kappa shape index (κ3) is 2.24. The lowest BCUT2D eigenvalue weighted by molar-refractivity contribution is 0.216. The third-order valence-corrected chi connectivity index (χ3v) is 6.21. The molecule has 2 aromatic heterocycles. The van der Waals surface area contributed by atoms with E-state index in [2.05, 4.69) is 15.1 Å². The van der Waals surface area contributed by atoms with Crippen molar-refractivity contribution >= 4 is 10.0 Å². The highest BCUT2D eigenvalue weighted by molar-refractivity contribution is 7.90. The van der Waals surface area contributed by atoms with Gasteiger partial charge in [-0.25, -0.2) is 8.42 Å². The minimum atomic E-state index is -3.08. The normalized spacial score (nSPS) is 20.4. The number of aromatic nitrogens is 3. The molecule has 3 heterocycles. The Kier molecular flexibility index (Phi) is 2.83. The molecule has 1 aliphatic carbocycles. The van der Waals surface area contributed by atoms with E-state index in [9.17, 15) is 8.42 Å². The number of rotatable bonds is 4. The largest absolute Gasteiger partial charge is 0.339 e. The second kappa shape index (κ2) is 4.60. The maximum Gasteiger partial charge on any atom is 0.232 e. The van der Waals surface area contributed by atoms with Gasteiger partial charge in [-0.1, -0.05) is 5.16 Å². The summed E-state index contributed by atoms with van der Waals surface area (Å²) in [6.07, 6.45) is 4.91. The Hall–Kier alpha value is -1.80. The minimum absolute atomic E-state index is 0.00149. The van der Waals surface area contributed by atoms with Gasteiger partial charge in [0.1, 0.15) is 0 Å². The molecule has 8 heteroatoms. The van der Waals surface area contributed by atoms with Crippen LogP contribution in [-0.2, 0) is 10.0 Å². The summed E-state index contributed by atoms with van der Waals surface area (Å²) in [4.78, 5) is 8.29. The molecule has 4 rings (SSSR count). The number of hydrogen-bond acceptors (Lipinski definition) is 6. The lowest BCUT2D eigenvalue weighted by Crippen LogP contribution is -2.49. The summed E-state index contributed by atoms with van der Waals surface area (Å²) in [5.74, 6) is 1.02. The van der Waals surface area contributed by atoms with E-state index >= 15 is 0 Å². The van der Waals surface area contributed by atoms with E-state index in [-0.39, 0.29) is 11.2 Å². The van der Waals surface area contributed by atoms with Crippen LogP contribution in [0, 0.1) is 0 Å². The Morgan fingerprint density at radius 1 is 1.19 bits per heavy atom. The van der Waals surface area contributed by atoms with Crippen LogP contribution in [0.2, 0.25) is 0 Å². The van der Waals surface area contributed by atoms with Crippen molar-refractivity contribution in [2.75, 3.05) is 13.1 Å². The number of sulfonamides is 1. The lowest BCUT2D eigenvalue weighted by atomic mass is 10.0. The molecule has 0 atom stereocenters. The van der Waals surface area contributed by atoms with E-state index in [4.69, 9.17) is 4.52 Å². The van der Waals surface area contributed by atoms with Crippen LogP contribution in [0.4, 0.5) is 0 Å². The maximum atomic E-state index is 12.0. The zero-order chi connectivity index (χ0) is 14.4. The molecule has 2 aliphatic rings. The first-order valence-electron chi connectivity index (χ1n) is 6.87. The summed E-state index contributed by atoms with van der Waals surface area (Å²) in [6.45, 7) is 0.883. The average Bonchev–Trinajstić information content (AvgIpc) is 3.19. The molecular weight excluding hydrogens is 292 g/mol. The SMILES string of the molecule is O=S(=O)(C1CC1)N1CC(c2nc(-c3ccncc3)no2)C1. The minimum Gasteiger partial charge on any atom is -0.339 e. The van der Waals surface area contributed by atoms with Crippen LogP contribution in [0.1, 0.15) is 24.7 Å². The second-order valence-corrected chi connectivity index (χ2v) is 7.66. The molecule has 7 nitrogen and oxygen atoms in total. The van der Waals surface area contributed by atoms with Crippen molar-refractivity contribution in [1.82, 2.24) is 19.4 Å². The highest BCUT2D eigenvalue weighted by Crippen LogP contribution is 2.37. The van der Waals surface area contributed by atoms with Gasteiger partial charge in [-0.05, 0) is 25.0 Å². The van der Waals surface area contributed by atoms with Gasteiger partial charge in [0, 0.05) is 31.0 Å². The van der Waals surface area contributed by atoms with E-state index in [1.165, 1.54) is 4.31 Å². The zero-order valence-electron chi connectivity index (χ0n) is 11.2. The molecule has 0 bridgehead atoms. The second-order valence-electron chi connectivity index (χ2n) is 5.45. The van der Waals surface area contributed by atoms with Gasteiger partial charge >= 0.3 is 0 Å². The molecule has 0 spiro atoms. The van der Waals surface area contributed by atoms with Gasteiger partial charge in [0.15, 0.2) is 0 Å². The van der Waals surface area contributed by atoms with Crippen molar-refractivity contribution in [3.05, 3.63) is 30.4 Å². The lowest BCUT2D eigenvalue weighted by Gasteiger charge is -2.35. The van der Waals surface area contributed by atoms with Gasteiger partial charge in [-0.15, -0.1) is 0 Å². The third-order valence-electron chi connectivity index (χ3n) is 3.88. The summed E-state index contributed by atoms with van der Waals surface area (Å²) in [6, 6.07) is 3.61. The fraction of sp³-hybridized carbons (Fsp3) is 0.462. The first-order chi connectivity index (χ1) is 10.1. The number of nitrogens with zero attached hydrogens (tertiary/aromatic N) is 4. The molecule has 2 fully saturated rings. The van der Waals surface area contributed by atoms with Crippen LogP contribution in [0.5, 0.6) is 0 Å². The van der Waals surface area contributed by atoms with E-state index < -0.39 is 10.0 Å². The van der Waals surface area contributed by atoms with Crippen LogP contribution in [0.3, 0.4) is 0 Å². The molecule has 1 saturated heterocycles. The fourth-order valence-corrected chi connectivity index (χ4v) is 4.33. The quantitative estimate of drug-likeness (QED) is 0.838. The van der Waals surface area contributed by atoms with Crippen molar-refractivity contribution in [2.24, 2.45) is 0 Å². The van der Waals surface area contributed by atoms with Gasteiger partial charge in [0.05, 0.1) is 11.2 Å². The highest BCUT2D eigenvalue weighted by Gasteiger charge is 2.46. The molecular formula is C13H14N4O3S. The van der Waals surface area contributed by atoms with Crippen molar-refractivity contribution in [3.8, 4) is 11.4 Å². The predicted octanol–water partition coefficient (Wildman–Crippen LogP) is 1.02. The van der Waals surface area contributed by atoms with E-state index in [1.807, 2.05) is 0 Å². The van der Waals surface area contributed by atoms with Crippen LogP contribution in [-0.4, -0.2) is 46.2 Å². The van der Waals surface area contributed by atoms with Crippen molar-refractivity contribution in [2.45, 2.75) is 24.0 Å². The van der Waals surface area contributed by atoms with E-state index in [1.54, 1.807) is 24.5 Å². The van der Waals surface area contributed by atoms with E-state index in [0.29, 0.717) is 24.8 Å². The summed E-state index contributed by atoms with van der Waals surface area (Å²) < 4.78 is 30.8. The fourth-order valence-electron chi connectivity index (χ4n) is 2.40. The molecule has 0 radical (unpaired) electrons. The highest BCUT2D eigenvalue weighted by atomic mass is 32.2. The van der Waals surface area contributed by atoms with E-state index in [0.717, 1.165) is 18.4 Å². The monoisotopic (exact) mass is 306 g/mol. The molecule has 0 aromatic carbocycles. The molecule has 21 heavy (non-hydrogen) atoms. The Labute approximate surface area is 122 Å². The van der Waals surface area contributed by atoms with Gasteiger partial charge in [0.25, 0.3) is 0 Å². The van der Waals surface area contributed by atoms with Crippen molar-refractivity contribution in [1.29, 1.82) is 0 Å². The molecule has 1 saturated carbocycles. The van der Waals surface area contributed by atoms with Crippen molar-refractivity contribution < 1.29 is 12.9 Å².